The molecule has 2 N–H and O–H groups in total. The van der Waals surface area contributed by atoms with Crippen molar-refractivity contribution in [2.45, 2.75) is 19.4 Å². The molecule has 0 fully saturated rings. The first kappa shape index (κ1) is 14.2. The minimum atomic E-state index is 0.201. The van der Waals surface area contributed by atoms with Crippen molar-refractivity contribution >= 4 is 17.7 Å². The second-order valence-corrected chi connectivity index (χ2v) is 4.81. The lowest BCUT2D eigenvalue weighted by molar-refractivity contribution is 0.759. The van der Waals surface area contributed by atoms with Crippen LogP contribution in [0.15, 0.2) is 48.8 Å². The summed E-state index contributed by atoms with van der Waals surface area (Å²) < 4.78 is 0. The molecule has 4 nitrogen and oxygen atoms in total. The molecular weight excluding hydrogens is 248 g/mol. The SMILES string of the molecule is CC(N)C/C=C/c1ccc(N(C)c2ncccn2)cc1. The quantitative estimate of drug-likeness (QED) is 0.905. The van der Waals surface area contributed by atoms with Crippen LogP contribution >= 0.6 is 0 Å². The lowest BCUT2D eigenvalue weighted by Gasteiger charge is -2.16. The molecule has 104 valence electrons. The largest absolute Gasteiger partial charge is 0.328 e. The van der Waals surface area contributed by atoms with Crippen molar-refractivity contribution in [3.8, 4) is 0 Å². The van der Waals surface area contributed by atoms with Crippen molar-refractivity contribution in [1.29, 1.82) is 0 Å². The molecule has 0 saturated carbocycles. The Labute approximate surface area is 120 Å². The predicted molar refractivity (Wildman–Crippen MR) is 83.8 cm³/mol. The van der Waals surface area contributed by atoms with Crippen LogP contribution in [0.3, 0.4) is 0 Å². The second kappa shape index (κ2) is 6.82. The van der Waals surface area contributed by atoms with Crippen molar-refractivity contribution in [2.75, 3.05) is 11.9 Å². The maximum atomic E-state index is 5.71. The third-order valence-electron chi connectivity index (χ3n) is 2.95. The third-order valence-corrected chi connectivity index (χ3v) is 2.95. The van der Waals surface area contributed by atoms with Gasteiger partial charge in [0.05, 0.1) is 0 Å². The summed E-state index contributed by atoms with van der Waals surface area (Å²) in [6, 6.07) is 10.3. The molecule has 1 atom stereocenters. The highest BCUT2D eigenvalue weighted by atomic mass is 15.2. The lowest BCUT2D eigenvalue weighted by Crippen LogP contribution is -2.12. The summed E-state index contributed by atoms with van der Waals surface area (Å²) in [5.41, 5.74) is 7.93. The number of hydrogen-bond donors (Lipinski definition) is 1. The summed E-state index contributed by atoms with van der Waals surface area (Å²) in [4.78, 5) is 10.4. The van der Waals surface area contributed by atoms with Crippen molar-refractivity contribution in [1.82, 2.24) is 9.97 Å². The summed E-state index contributed by atoms with van der Waals surface area (Å²) in [6.07, 6.45) is 8.56. The number of aromatic nitrogens is 2. The molecule has 20 heavy (non-hydrogen) atoms. The van der Waals surface area contributed by atoms with Gasteiger partial charge in [-0.1, -0.05) is 24.3 Å². The maximum Gasteiger partial charge on any atom is 0.229 e. The van der Waals surface area contributed by atoms with E-state index in [0.29, 0.717) is 5.95 Å². The average Bonchev–Trinajstić information content (AvgIpc) is 2.48. The zero-order valence-corrected chi connectivity index (χ0v) is 11.9. The van der Waals surface area contributed by atoms with Gasteiger partial charge in [0.25, 0.3) is 0 Å². The Morgan fingerprint density at radius 2 is 1.85 bits per heavy atom. The molecule has 0 spiro atoms. The highest BCUT2D eigenvalue weighted by Crippen LogP contribution is 2.20. The van der Waals surface area contributed by atoms with Crippen LogP contribution in [0.25, 0.3) is 6.08 Å². The fourth-order valence-electron chi connectivity index (χ4n) is 1.81. The van der Waals surface area contributed by atoms with Gasteiger partial charge in [0.1, 0.15) is 0 Å². The van der Waals surface area contributed by atoms with Crippen molar-refractivity contribution in [2.24, 2.45) is 5.73 Å². The zero-order chi connectivity index (χ0) is 14.4. The number of nitrogens with two attached hydrogens (primary N) is 1. The van der Waals surface area contributed by atoms with Crippen molar-refractivity contribution in [3.63, 3.8) is 0 Å². The molecule has 2 aromatic rings. The minimum Gasteiger partial charge on any atom is -0.328 e. The zero-order valence-electron chi connectivity index (χ0n) is 11.9. The molecule has 0 amide bonds. The first-order chi connectivity index (χ1) is 9.66. The molecule has 1 aromatic heterocycles. The third kappa shape index (κ3) is 3.90. The van der Waals surface area contributed by atoms with Gasteiger partial charge in [-0.05, 0) is 37.1 Å². The first-order valence-corrected chi connectivity index (χ1v) is 6.70. The van der Waals surface area contributed by atoms with E-state index in [0.717, 1.165) is 17.7 Å². The molecule has 1 aromatic carbocycles. The van der Waals surface area contributed by atoms with Crippen LogP contribution in [0.2, 0.25) is 0 Å². The minimum absolute atomic E-state index is 0.201. The molecule has 0 aliphatic heterocycles. The van der Waals surface area contributed by atoms with Crippen LogP contribution < -0.4 is 10.6 Å². The normalized spacial score (nSPS) is 12.6. The Morgan fingerprint density at radius 3 is 2.45 bits per heavy atom. The standard InChI is InChI=1S/C16H20N4/c1-13(17)5-3-6-14-7-9-15(10-8-14)20(2)16-18-11-4-12-19-16/h3-4,6-13H,5,17H2,1-2H3/b6-3+. The summed E-state index contributed by atoms with van der Waals surface area (Å²) in [6.45, 7) is 2.00. The molecule has 0 saturated heterocycles. The van der Waals surface area contributed by atoms with E-state index in [1.165, 1.54) is 0 Å². The molecule has 0 aliphatic rings. The number of rotatable bonds is 5. The van der Waals surface area contributed by atoms with E-state index in [9.17, 15) is 0 Å². The van der Waals surface area contributed by atoms with Gasteiger partial charge in [0.2, 0.25) is 5.95 Å². The van der Waals surface area contributed by atoms with Gasteiger partial charge in [0, 0.05) is 31.2 Å². The van der Waals surface area contributed by atoms with Gasteiger partial charge in [0.15, 0.2) is 0 Å². The van der Waals surface area contributed by atoms with E-state index in [1.807, 2.05) is 24.9 Å². The molecule has 0 aliphatic carbocycles. The fourth-order valence-corrected chi connectivity index (χ4v) is 1.81. The Balaban J connectivity index is 2.06. The van der Waals surface area contributed by atoms with E-state index in [-0.39, 0.29) is 6.04 Å². The summed E-state index contributed by atoms with van der Waals surface area (Å²) in [7, 11) is 1.95. The molecule has 2 rings (SSSR count). The number of benzene rings is 1. The second-order valence-electron chi connectivity index (χ2n) is 4.81. The number of anilines is 2. The van der Waals surface area contributed by atoms with Crippen LogP contribution in [-0.4, -0.2) is 23.1 Å². The lowest BCUT2D eigenvalue weighted by atomic mass is 10.1. The van der Waals surface area contributed by atoms with E-state index in [1.54, 1.807) is 12.4 Å². The van der Waals surface area contributed by atoms with Crippen molar-refractivity contribution in [3.05, 3.63) is 54.4 Å². The highest BCUT2D eigenvalue weighted by molar-refractivity contribution is 5.60. The molecule has 0 bridgehead atoms. The smallest absolute Gasteiger partial charge is 0.229 e. The first-order valence-electron chi connectivity index (χ1n) is 6.70. The molecule has 0 radical (unpaired) electrons. The van der Waals surface area contributed by atoms with Crippen LogP contribution in [0.5, 0.6) is 0 Å². The monoisotopic (exact) mass is 268 g/mol. The number of nitrogens with zero attached hydrogens (tertiary/aromatic N) is 3. The van der Waals surface area contributed by atoms with Gasteiger partial charge < -0.3 is 10.6 Å². The van der Waals surface area contributed by atoms with Crippen molar-refractivity contribution < 1.29 is 0 Å². The Bertz CT molecular complexity index is 546. The predicted octanol–water partition coefficient (Wildman–Crippen LogP) is 3.00. The average molecular weight is 268 g/mol. The Hall–Kier alpha value is -2.20. The highest BCUT2D eigenvalue weighted by Gasteiger charge is 2.05. The van der Waals surface area contributed by atoms with Crippen LogP contribution in [0.4, 0.5) is 11.6 Å². The van der Waals surface area contributed by atoms with Crippen LogP contribution in [0, 0.1) is 0 Å². The molecule has 1 unspecified atom stereocenters. The summed E-state index contributed by atoms with van der Waals surface area (Å²) >= 11 is 0. The van der Waals surface area contributed by atoms with Crippen LogP contribution in [-0.2, 0) is 0 Å². The van der Waals surface area contributed by atoms with Gasteiger partial charge >= 0.3 is 0 Å². The van der Waals surface area contributed by atoms with E-state index in [2.05, 4.69) is 46.4 Å². The molecule has 4 heteroatoms. The number of hydrogen-bond acceptors (Lipinski definition) is 4. The Kier molecular flexibility index (Phi) is 4.85. The maximum absolute atomic E-state index is 5.71. The Morgan fingerprint density at radius 1 is 1.20 bits per heavy atom. The van der Waals surface area contributed by atoms with E-state index < -0.39 is 0 Å². The van der Waals surface area contributed by atoms with E-state index in [4.69, 9.17) is 5.73 Å². The molecule has 1 heterocycles. The van der Waals surface area contributed by atoms with Gasteiger partial charge in [-0.25, -0.2) is 9.97 Å². The van der Waals surface area contributed by atoms with Gasteiger partial charge in [-0.3, -0.25) is 0 Å². The molecular formula is C16H20N4. The van der Waals surface area contributed by atoms with Gasteiger partial charge in [-0.2, -0.15) is 0 Å². The topological polar surface area (TPSA) is 55.0 Å². The summed E-state index contributed by atoms with van der Waals surface area (Å²) in [5.74, 6) is 0.688. The fraction of sp³-hybridized carbons (Fsp3) is 0.250. The van der Waals surface area contributed by atoms with E-state index >= 15 is 0 Å². The summed E-state index contributed by atoms with van der Waals surface area (Å²) in [5, 5.41) is 0. The van der Waals surface area contributed by atoms with Gasteiger partial charge in [-0.15, -0.1) is 0 Å². The van der Waals surface area contributed by atoms with Crippen LogP contribution in [0.1, 0.15) is 18.9 Å².